The molecule has 4 heteroatoms. The van der Waals surface area contributed by atoms with Gasteiger partial charge in [0.15, 0.2) is 0 Å². The summed E-state index contributed by atoms with van der Waals surface area (Å²) < 4.78 is 37.5. The minimum atomic E-state index is -4.30. The fourth-order valence-electron chi connectivity index (χ4n) is 2.05. The van der Waals surface area contributed by atoms with Gasteiger partial charge in [0, 0.05) is 11.6 Å². The summed E-state index contributed by atoms with van der Waals surface area (Å²) in [5, 5.41) is 0. The molecule has 2 aromatic carbocycles. The van der Waals surface area contributed by atoms with E-state index in [1.165, 1.54) is 12.1 Å². The van der Waals surface area contributed by atoms with Gasteiger partial charge in [0.1, 0.15) is 0 Å². The molecule has 0 aliphatic rings. The molecule has 0 aliphatic heterocycles. The summed E-state index contributed by atoms with van der Waals surface area (Å²) in [4.78, 5) is 0. The smallest absolute Gasteiger partial charge is 0.398 e. The molecule has 0 bridgehead atoms. The van der Waals surface area contributed by atoms with Gasteiger partial charge < -0.3 is 5.73 Å². The monoisotopic (exact) mass is 265 g/mol. The molecule has 0 aliphatic carbocycles. The molecule has 0 saturated heterocycles. The predicted molar refractivity (Wildman–Crippen MR) is 69.8 cm³/mol. The quantitative estimate of drug-likeness (QED) is 0.798. The Kier molecular flexibility index (Phi) is 3.51. The molecular formula is C15H14F3N. The summed E-state index contributed by atoms with van der Waals surface area (Å²) in [6.45, 7) is 1.92. The van der Waals surface area contributed by atoms with Gasteiger partial charge in [0.05, 0.1) is 5.56 Å². The molecule has 19 heavy (non-hydrogen) atoms. The van der Waals surface area contributed by atoms with E-state index in [-0.39, 0.29) is 5.92 Å². The van der Waals surface area contributed by atoms with Crippen molar-refractivity contribution in [3.8, 4) is 0 Å². The predicted octanol–water partition coefficient (Wildman–Crippen LogP) is 4.44. The lowest BCUT2D eigenvalue weighted by molar-refractivity contribution is -0.137. The van der Waals surface area contributed by atoms with Crippen molar-refractivity contribution in [1.82, 2.24) is 0 Å². The van der Waals surface area contributed by atoms with Gasteiger partial charge in [-0.2, -0.15) is 13.2 Å². The van der Waals surface area contributed by atoms with Crippen LogP contribution in [0.2, 0.25) is 0 Å². The van der Waals surface area contributed by atoms with Gasteiger partial charge in [0.2, 0.25) is 0 Å². The lowest BCUT2D eigenvalue weighted by atomic mass is 9.91. The van der Waals surface area contributed by atoms with Crippen LogP contribution in [0.1, 0.15) is 29.5 Å². The zero-order chi connectivity index (χ0) is 14.0. The van der Waals surface area contributed by atoms with Crippen LogP contribution < -0.4 is 5.73 Å². The number of nitrogen functional groups attached to an aromatic ring is 1. The highest BCUT2D eigenvalue weighted by molar-refractivity contribution is 5.51. The van der Waals surface area contributed by atoms with Crippen LogP contribution in [0.25, 0.3) is 0 Å². The van der Waals surface area contributed by atoms with Crippen molar-refractivity contribution < 1.29 is 13.2 Å². The normalized spacial score (nSPS) is 13.3. The Bertz CT molecular complexity index is 558. The van der Waals surface area contributed by atoms with Gasteiger partial charge in [-0.25, -0.2) is 0 Å². The molecule has 1 nitrogen and oxygen atoms in total. The first-order valence-corrected chi connectivity index (χ1v) is 5.91. The maximum absolute atomic E-state index is 12.5. The summed E-state index contributed by atoms with van der Waals surface area (Å²) in [6, 6.07) is 12.6. The standard InChI is InChI=1S/C15H14F3N/c1-10(13-4-2-3-5-14(13)19)11-6-8-12(9-7-11)15(16,17)18/h2-10H,19H2,1H3. The van der Waals surface area contributed by atoms with Crippen LogP contribution >= 0.6 is 0 Å². The number of rotatable bonds is 2. The van der Waals surface area contributed by atoms with Crippen LogP contribution in [0.3, 0.4) is 0 Å². The van der Waals surface area contributed by atoms with Gasteiger partial charge in [0.25, 0.3) is 0 Å². The van der Waals surface area contributed by atoms with Crippen LogP contribution in [0.15, 0.2) is 48.5 Å². The first-order chi connectivity index (χ1) is 8.89. The minimum absolute atomic E-state index is 0.0384. The molecule has 0 spiro atoms. The van der Waals surface area contributed by atoms with Gasteiger partial charge >= 0.3 is 6.18 Å². The highest BCUT2D eigenvalue weighted by Gasteiger charge is 2.30. The minimum Gasteiger partial charge on any atom is -0.398 e. The highest BCUT2D eigenvalue weighted by atomic mass is 19.4. The summed E-state index contributed by atoms with van der Waals surface area (Å²) in [6.07, 6.45) is -4.30. The lowest BCUT2D eigenvalue weighted by Gasteiger charge is -2.15. The Labute approximate surface area is 109 Å². The lowest BCUT2D eigenvalue weighted by Crippen LogP contribution is -2.06. The Balaban J connectivity index is 2.31. The number of benzene rings is 2. The fraction of sp³-hybridized carbons (Fsp3) is 0.200. The third-order valence-electron chi connectivity index (χ3n) is 3.20. The largest absolute Gasteiger partial charge is 0.416 e. The van der Waals surface area contributed by atoms with Crippen molar-refractivity contribution in [1.29, 1.82) is 0 Å². The van der Waals surface area contributed by atoms with E-state index < -0.39 is 11.7 Å². The van der Waals surface area contributed by atoms with E-state index in [1.54, 1.807) is 6.07 Å². The third kappa shape index (κ3) is 2.89. The molecule has 2 N–H and O–H groups in total. The summed E-state index contributed by atoms with van der Waals surface area (Å²) in [5.41, 5.74) is 7.62. The Hall–Kier alpha value is -1.97. The molecule has 1 atom stereocenters. The zero-order valence-corrected chi connectivity index (χ0v) is 10.4. The average molecular weight is 265 g/mol. The van der Waals surface area contributed by atoms with Gasteiger partial charge in [-0.3, -0.25) is 0 Å². The van der Waals surface area contributed by atoms with Crippen LogP contribution in [-0.2, 0) is 6.18 Å². The van der Waals surface area contributed by atoms with E-state index in [1.807, 2.05) is 25.1 Å². The van der Waals surface area contributed by atoms with Crippen molar-refractivity contribution >= 4 is 5.69 Å². The maximum atomic E-state index is 12.5. The molecule has 0 radical (unpaired) electrons. The molecule has 2 rings (SSSR count). The van der Waals surface area contributed by atoms with Crippen LogP contribution in [0.5, 0.6) is 0 Å². The second kappa shape index (κ2) is 4.96. The van der Waals surface area contributed by atoms with E-state index in [4.69, 9.17) is 5.73 Å². The third-order valence-corrected chi connectivity index (χ3v) is 3.20. The Morgan fingerprint density at radius 1 is 0.947 bits per heavy atom. The molecule has 0 heterocycles. The highest BCUT2D eigenvalue weighted by Crippen LogP contribution is 2.32. The van der Waals surface area contributed by atoms with Crippen LogP contribution in [-0.4, -0.2) is 0 Å². The first kappa shape index (κ1) is 13.5. The molecular weight excluding hydrogens is 251 g/mol. The molecule has 0 aromatic heterocycles. The molecule has 0 saturated carbocycles. The zero-order valence-electron chi connectivity index (χ0n) is 10.4. The Morgan fingerprint density at radius 3 is 2.05 bits per heavy atom. The van der Waals surface area contributed by atoms with Crippen molar-refractivity contribution in [3.05, 3.63) is 65.2 Å². The number of hydrogen-bond donors (Lipinski definition) is 1. The topological polar surface area (TPSA) is 26.0 Å². The molecule has 2 aromatic rings. The second-order valence-corrected chi connectivity index (χ2v) is 4.47. The number of anilines is 1. The van der Waals surface area contributed by atoms with Gasteiger partial charge in [-0.1, -0.05) is 37.3 Å². The Morgan fingerprint density at radius 2 is 1.53 bits per heavy atom. The van der Waals surface area contributed by atoms with E-state index in [9.17, 15) is 13.2 Å². The summed E-state index contributed by atoms with van der Waals surface area (Å²) >= 11 is 0. The van der Waals surface area contributed by atoms with Crippen molar-refractivity contribution in [2.75, 3.05) is 5.73 Å². The van der Waals surface area contributed by atoms with Crippen molar-refractivity contribution in [2.45, 2.75) is 19.0 Å². The van der Waals surface area contributed by atoms with Crippen molar-refractivity contribution in [2.24, 2.45) is 0 Å². The van der Waals surface area contributed by atoms with Gasteiger partial charge in [-0.15, -0.1) is 0 Å². The summed E-state index contributed by atoms with van der Waals surface area (Å²) in [5.74, 6) is -0.0384. The van der Waals surface area contributed by atoms with Gasteiger partial charge in [-0.05, 0) is 29.3 Å². The number of para-hydroxylation sites is 1. The van der Waals surface area contributed by atoms with E-state index in [0.29, 0.717) is 5.69 Å². The van der Waals surface area contributed by atoms with E-state index in [0.717, 1.165) is 23.3 Å². The fourth-order valence-corrected chi connectivity index (χ4v) is 2.05. The second-order valence-electron chi connectivity index (χ2n) is 4.47. The van der Waals surface area contributed by atoms with Crippen molar-refractivity contribution in [3.63, 3.8) is 0 Å². The van der Waals surface area contributed by atoms with E-state index in [2.05, 4.69) is 0 Å². The number of nitrogens with two attached hydrogens (primary N) is 1. The summed E-state index contributed by atoms with van der Waals surface area (Å²) in [7, 11) is 0. The maximum Gasteiger partial charge on any atom is 0.416 e. The first-order valence-electron chi connectivity index (χ1n) is 5.91. The van der Waals surface area contributed by atoms with Crippen LogP contribution in [0.4, 0.5) is 18.9 Å². The molecule has 100 valence electrons. The van der Waals surface area contributed by atoms with Crippen LogP contribution in [0, 0.1) is 0 Å². The molecule has 0 amide bonds. The average Bonchev–Trinajstić information content (AvgIpc) is 2.38. The van der Waals surface area contributed by atoms with E-state index >= 15 is 0 Å². The molecule has 1 unspecified atom stereocenters. The number of halogens is 3. The molecule has 0 fully saturated rings. The number of hydrogen-bond acceptors (Lipinski definition) is 1. The SMILES string of the molecule is CC(c1ccc(C(F)(F)F)cc1)c1ccccc1N. The number of alkyl halides is 3.